The summed E-state index contributed by atoms with van der Waals surface area (Å²) in [7, 11) is 0. The minimum Gasteiger partial charge on any atom is -0.348 e. The summed E-state index contributed by atoms with van der Waals surface area (Å²) in [6.07, 6.45) is 11.2. The van der Waals surface area contributed by atoms with Crippen molar-refractivity contribution in [3.63, 3.8) is 0 Å². The van der Waals surface area contributed by atoms with Crippen LogP contribution < -0.4 is 0 Å². The van der Waals surface area contributed by atoms with Crippen molar-refractivity contribution in [2.24, 2.45) is 11.8 Å². The third-order valence-corrected chi connectivity index (χ3v) is 4.01. The highest BCUT2D eigenvalue weighted by molar-refractivity contribution is 5.31. The lowest BCUT2D eigenvalue weighted by Gasteiger charge is -2.27. The number of allylic oxidation sites excluding steroid dienone is 3. The van der Waals surface area contributed by atoms with Crippen LogP contribution in [0, 0.1) is 11.8 Å². The van der Waals surface area contributed by atoms with Crippen molar-refractivity contribution >= 4 is 0 Å². The van der Waals surface area contributed by atoms with Gasteiger partial charge in [-0.15, -0.1) is 0 Å². The first-order valence-electron chi connectivity index (χ1n) is 7.03. The van der Waals surface area contributed by atoms with Crippen LogP contribution in [0.15, 0.2) is 36.7 Å². The van der Waals surface area contributed by atoms with Crippen molar-refractivity contribution in [1.29, 1.82) is 0 Å². The standard InChI is InChI=1S/C16H24FN/c1-12(2)4-5-14-10-15(17)16(11-14)18-8-6-13(3)7-9-18/h6-9,12,14-16H,3-5,10-11H2,1-2H3/t14?,15-,16?/m1/s1. The number of hydrogen-bond donors (Lipinski definition) is 0. The molecule has 2 rings (SSSR count). The highest BCUT2D eigenvalue weighted by atomic mass is 19.1. The molecule has 0 aromatic heterocycles. The van der Waals surface area contributed by atoms with Crippen LogP contribution in [0.4, 0.5) is 4.39 Å². The van der Waals surface area contributed by atoms with E-state index < -0.39 is 6.17 Å². The van der Waals surface area contributed by atoms with Gasteiger partial charge in [-0.2, -0.15) is 0 Å². The average Bonchev–Trinajstić information content (AvgIpc) is 2.69. The highest BCUT2D eigenvalue weighted by Gasteiger charge is 2.36. The molecule has 2 aliphatic rings. The van der Waals surface area contributed by atoms with E-state index in [-0.39, 0.29) is 6.04 Å². The molecule has 2 heteroatoms. The van der Waals surface area contributed by atoms with E-state index in [1.807, 2.05) is 29.5 Å². The average molecular weight is 249 g/mol. The Morgan fingerprint density at radius 2 is 2.00 bits per heavy atom. The third-order valence-electron chi connectivity index (χ3n) is 4.01. The van der Waals surface area contributed by atoms with Crippen LogP contribution in [-0.2, 0) is 0 Å². The quantitative estimate of drug-likeness (QED) is 0.712. The Morgan fingerprint density at radius 1 is 1.33 bits per heavy atom. The summed E-state index contributed by atoms with van der Waals surface area (Å²) in [6.45, 7) is 8.34. The Labute approximate surface area is 110 Å². The van der Waals surface area contributed by atoms with Crippen molar-refractivity contribution < 1.29 is 4.39 Å². The molecule has 1 aliphatic heterocycles. The Kier molecular flexibility index (Phi) is 4.26. The maximum Gasteiger partial charge on any atom is 0.121 e. The zero-order valence-corrected chi connectivity index (χ0v) is 11.5. The van der Waals surface area contributed by atoms with Crippen molar-refractivity contribution in [1.82, 2.24) is 4.90 Å². The molecule has 1 fully saturated rings. The Balaban J connectivity index is 1.89. The van der Waals surface area contributed by atoms with Gasteiger partial charge in [-0.1, -0.05) is 33.3 Å². The van der Waals surface area contributed by atoms with Crippen LogP contribution >= 0.6 is 0 Å². The molecule has 1 aliphatic carbocycles. The lowest BCUT2D eigenvalue weighted by atomic mass is 9.96. The highest BCUT2D eigenvalue weighted by Crippen LogP contribution is 2.36. The predicted molar refractivity (Wildman–Crippen MR) is 74.7 cm³/mol. The summed E-state index contributed by atoms with van der Waals surface area (Å²) in [5.74, 6) is 1.28. The fraction of sp³-hybridized carbons (Fsp3) is 0.625. The summed E-state index contributed by atoms with van der Waals surface area (Å²) in [6, 6.07) is 0.0303. The fourth-order valence-electron chi connectivity index (χ4n) is 2.86. The molecule has 2 unspecified atom stereocenters. The SMILES string of the molecule is C=C1C=CN(C2CC(CCC(C)C)C[C@H]2F)C=C1. The van der Waals surface area contributed by atoms with Crippen molar-refractivity contribution in [3.05, 3.63) is 36.7 Å². The molecule has 3 atom stereocenters. The van der Waals surface area contributed by atoms with Gasteiger partial charge < -0.3 is 4.90 Å². The van der Waals surface area contributed by atoms with E-state index in [1.165, 1.54) is 12.8 Å². The molecule has 18 heavy (non-hydrogen) atoms. The molecular formula is C16H24FN. The second kappa shape index (κ2) is 5.73. The summed E-state index contributed by atoms with van der Waals surface area (Å²) in [5.41, 5.74) is 0.982. The van der Waals surface area contributed by atoms with E-state index in [1.54, 1.807) is 0 Å². The van der Waals surface area contributed by atoms with Crippen LogP contribution in [0.3, 0.4) is 0 Å². The molecule has 1 nitrogen and oxygen atoms in total. The van der Waals surface area contributed by atoms with Crippen molar-refractivity contribution in [2.45, 2.75) is 51.7 Å². The topological polar surface area (TPSA) is 3.24 Å². The van der Waals surface area contributed by atoms with Gasteiger partial charge >= 0.3 is 0 Å². The number of alkyl halides is 1. The molecule has 0 aromatic rings. The van der Waals surface area contributed by atoms with Gasteiger partial charge in [0.2, 0.25) is 0 Å². The van der Waals surface area contributed by atoms with E-state index in [9.17, 15) is 4.39 Å². The maximum atomic E-state index is 14.1. The second-order valence-electron chi connectivity index (χ2n) is 6.05. The zero-order valence-electron chi connectivity index (χ0n) is 11.5. The van der Waals surface area contributed by atoms with Crippen LogP contribution in [0.25, 0.3) is 0 Å². The number of nitrogens with zero attached hydrogens (tertiary/aromatic N) is 1. The second-order valence-corrected chi connectivity index (χ2v) is 6.05. The normalized spacial score (nSPS) is 31.7. The Bertz CT molecular complexity index is 340. The lowest BCUT2D eigenvalue weighted by molar-refractivity contribution is 0.219. The first-order chi connectivity index (χ1) is 8.56. The minimum absolute atomic E-state index is 0.0303. The third kappa shape index (κ3) is 3.24. The number of hydrogen-bond acceptors (Lipinski definition) is 1. The molecule has 0 bridgehead atoms. The molecule has 0 spiro atoms. The Morgan fingerprint density at radius 3 is 2.61 bits per heavy atom. The van der Waals surface area contributed by atoms with Crippen LogP contribution in [0.2, 0.25) is 0 Å². The largest absolute Gasteiger partial charge is 0.348 e. The molecule has 1 saturated carbocycles. The van der Waals surface area contributed by atoms with E-state index in [4.69, 9.17) is 0 Å². The van der Waals surface area contributed by atoms with Crippen LogP contribution in [0.1, 0.15) is 39.5 Å². The lowest BCUT2D eigenvalue weighted by Crippen LogP contribution is -2.31. The van der Waals surface area contributed by atoms with Crippen molar-refractivity contribution in [2.75, 3.05) is 0 Å². The van der Waals surface area contributed by atoms with Gasteiger partial charge in [0.05, 0.1) is 6.04 Å². The van der Waals surface area contributed by atoms with Gasteiger partial charge in [-0.3, -0.25) is 0 Å². The fourth-order valence-corrected chi connectivity index (χ4v) is 2.86. The van der Waals surface area contributed by atoms with Crippen LogP contribution in [-0.4, -0.2) is 17.1 Å². The number of rotatable bonds is 4. The van der Waals surface area contributed by atoms with Gasteiger partial charge in [0, 0.05) is 12.4 Å². The van der Waals surface area contributed by atoms with Gasteiger partial charge in [-0.25, -0.2) is 4.39 Å². The monoisotopic (exact) mass is 249 g/mol. The maximum absolute atomic E-state index is 14.1. The van der Waals surface area contributed by atoms with Crippen molar-refractivity contribution in [3.8, 4) is 0 Å². The van der Waals surface area contributed by atoms with Crippen LogP contribution in [0.5, 0.6) is 0 Å². The van der Waals surface area contributed by atoms with E-state index in [0.29, 0.717) is 5.92 Å². The number of halogens is 1. The summed E-state index contributed by atoms with van der Waals surface area (Å²) in [5, 5.41) is 0. The molecule has 0 amide bonds. The molecule has 1 heterocycles. The molecular weight excluding hydrogens is 225 g/mol. The molecule has 0 aromatic carbocycles. The van der Waals surface area contributed by atoms with Gasteiger partial charge in [-0.05, 0) is 42.4 Å². The summed E-state index contributed by atoms with van der Waals surface area (Å²) >= 11 is 0. The van der Waals surface area contributed by atoms with Gasteiger partial charge in [0.25, 0.3) is 0 Å². The smallest absolute Gasteiger partial charge is 0.121 e. The molecule has 0 radical (unpaired) electrons. The summed E-state index contributed by atoms with van der Waals surface area (Å²) in [4.78, 5) is 2.02. The van der Waals surface area contributed by atoms with E-state index in [2.05, 4.69) is 20.4 Å². The molecule has 0 saturated heterocycles. The predicted octanol–water partition coefficient (Wildman–Crippen LogP) is 4.44. The minimum atomic E-state index is -0.692. The van der Waals surface area contributed by atoms with E-state index in [0.717, 1.165) is 24.3 Å². The summed E-state index contributed by atoms with van der Waals surface area (Å²) < 4.78 is 14.1. The van der Waals surface area contributed by atoms with Gasteiger partial charge in [0.1, 0.15) is 6.17 Å². The molecule has 100 valence electrons. The first-order valence-corrected chi connectivity index (χ1v) is 7.03. The molecule has 0 N–H and O–H groups in total. The first kappa shape index (κ1) is 13.4. The van der Waals surface area contributed by atoms with Gasteiger partial charge in [0.15, 0.2) is 0 Å². The zero-order chi connectivity index (χ0) is 13.1. The Hall–Kier alpha value is -1.05. The van der Waals surface area contributed by atoms with E-state index >= 15 is 0 Å².